The molecule has 3 rings (SSSR count). The van der Waals surface area contributed by atoms with Crippen LogP contribution in [0.1, 0.15) is 19.3 Å². The van der Waals surface area contributed by atoms with Crippen molar-refractivity contribution < 1.29 is 9.59 Å². The summed E-state index contributed by atoms with van der Waals surface area (Å²) in [7, 11) is 0. The van der Waals surface area contributed by atoms with E-state index in [9.17, 15) is 9.59 Å². The molecule has 1 aliphatic carbocycles. The van der Waals surface area contributed by atoms with E-state index < -0.39 is 0 Å². The van der Waals surface area contributed by atoms with Gasteiger partial charge in [0.25, 0.3) is 0 Å². The van der Waals surface area contributed by atoms with Crippen molar-refractivity contribution in [2.75, 3.05) is 10.6 Å². The van der Waals surface area contributed by atoms with Crippen LogP contribution in [-0.2, 0) is 9.59 Å². The number of piperidine rings is 1. The standard InChI is InChI=1S/C12H13N3O2/c13-10-4-3-9(6-14-10)15-11(16)7-1-2-8(5-7)12(15)17/h3-4,6-8H,1-2,5H2,(H2,13,14). The van der Waals surface area contributed by atoms with E-state index in [1.54, 1.807) is 12.1 Å². The Hall–Kier alpha value is -1.91. The molecule has 1 aromatic heterocycles. The Balaban J connectivity index is 1.99. The molecule has 88 valence electrons. The van der Waals surface area contributed by atoms with Gasteiger partial charge in [0.05, 0.1) is 11.9 Å². The van der Waals surface area contributed by atoms with Gasteiger partial charge in [-0.05, 0) is 31.4 Å². The molecule has 5 nitrogen and oxygen atoms in total. The Kier molecular flexibility index (Phi) is 2.14. The van der Waals surface area contributed by atoms with E-state index in [2.05, 4.69) is 4.98 Å². The molecule has 1 aromatic rings. The minimum Gasteiger partial charge on any atom is -0.384 e. The van der Waals surface area contributed by atoms with Gasteiger partial charge in [0.15, 0.2) is 0 Å². The van der Waals surface area contributed by atoms with Crippen LogP contribution in [0.2, 0.25) is 0 Å². The average Bonchev–Trinajstić information content (AvgIpc) is 2.76. The lowest BCUT2D eigenvalue weighted by atomic mass is 9.97. The smallest absolute Gasteiger partial charge is 0.236 e. The highest BCUT2D eigenvalue weighted by Gasteiger charge is 2.45. The second kappa shape index (κ2) is 3.55. The second-order valence-corrected chi connectivity index (χ2v) is 4.66. The van der Waals surface area contributed by atoms with E-state index in [0.717, 1.165) is 19.3 Å². The minimum atomic E-state index is -0.0877. The number of pyridine rings is 1. The number of anilines is 2. The lowest BCUT2D eigenvalue weighted by molar-refractivity contribution is -0.133. The SMILES string of the molecule is Nc1ccc(N2C(=O)C3CCC(C3)C2=O)cn1. The van der Waals surface area contributed by atoms with E-state index in [0.29, 0.717) is 11.5 Å². The van der Waals surface area contributed by atoms with E-state index in [4.69, 9.17) is 5.73 Å². The van der Waals surface area contributed by atoms with Crippen LogP contribution in [0.4, 0.5) is 11.5 Å². The summed E-state index contributed by atoms with van der Waals surface area (Å²) in [5.41, 5.74) is 6.03. The zero-order chi connectivity index (χ0) is 12.0. The van der Waals surface area contributed by atoms with Gasteiger partial charge in [0.1, 0.15) is 5.82 Å². The van der Waals surface area contributed by atoms with Gasteiger partial charge in [0.2, 0.25) is 11.8 Å². The summed E-state index contributed by atoms with van der Waals surface area (Å²) in [6, 6.07) is 3.27. The van der Waals surface area contributed by atoms with Gasteiger partial charge >= 0.3 is 0 Å². The first kappa shape index (κ1) is 10.3. The van der Waals surface area contributed by atoms with Gasteiger partial charge in [-0.3, -0.25) is 9.59 Å². The van der Waals surface area contributed by atoms with Crippen LogP contribution in [0.25, 0.3) is 0 Å². The molecule has 2 aliphatic rings. The molecule has 2 atom stereocenters. The van der Waals surface area contributed by atoms with Crippen LogP contribution >= 0.6 is 0 Å². The van der Waals surface area contributed by atoms with Crippen molar-refractivity contribution in [1.29, 1.82) is 0 Å². The van der Waals surface area contributed by atoms with Gasteiger partial charge in [-0.2, -0.15) is 0 Å². The van der Waals surface area contributed by atoms with Gasteiger partial charge in [-0.1, -0.05) is 0 Å². The monoisotopic (exact) mass is 231 g/mol. The van der Waals surface area contributed by atoms with Crippen molar-refractivity contribution in [2.24, 2.45) is 11.8 Å². The van der Waals surface area contributed by atoms with Crippen LogP contribution in [-0.4, -0.2) is 16.8 Å². The molecule has 2 bridgehead atoms. The average molecular weight is 231 g/mol. The van der Waals surface area contributed by atoms with E-state index >= 15 is 0 Å². The lowest BCUT2D eigenvalue weighted by Crippen LogP contribution is -2.46. The fourth-order valence-electron chi connectivity index (χ4n) is 2.69. The number of hydrogen-bond acceptors (Lipinski definition) is 4. The highest BCUT2D eigenvalue weighted by molar-refractivity contribution is 6.18. The summed E-state index contributed by atoms with van der Waals surface area (Å²) in [6.45, 7) is 0. The molecular weight excluding hydrogens is 218 g/mol. The molecular formula is C12H13N3O2. The molecule has 17 heavy (non-hydrogen) atoms. The third kappa shape index (κ3) is 1.50. The van der Waals surface area contributed by atoms with Crippen molar-refractivity contribution in [3.8, 4) is 0 Å². The van der Waals surface area contributed by atoms with Gasteiger partial charge in [-0.25, -0.2) is 9.88 Å². The van der Waals surface area contributed by atoms with Crippen molar-refractivity contribution in [3.05, 3.63) is 18.3 Å². The molecule has 2 fully saturated rings. The third-order valence-electron chi connectivity index (χ3n) is 3.60. The van der Waals surface area contributed by atoms with E-state index in [-0.39, 0.29) is 23.7 Å². The molecule has 0 radical (unpaired) electrons. The largest absolute Gasteiger partial charge is 0.384 e. The predicted octanol–water partition coefficient (Wildman–Crippen LogP) is 0.953. The van der Waals surface area contributed by atoms with Crippen LogP contribution < -0.4 is 10.6 Å². The zero-order valence-corrected chi connectivity index (χ0v) is 9.30. The molecule has 2 N–H and O–H groups in total. The van der Waals surface area contributed by atoms with Gasteiger partial charge in [0, 0.05) is 11.8 Å². The first-order chi connectivity index (χ1) is 8.16. The number of carbonyl (C=O) groups is 2. The van der Waals surface area contributed by atoms with Gasteiger partial charge in [-0.15, -0.1) is 0 Å². The third-order valence-corrected chi connectivity index (χ3v) is 3.60. The second-order valence-electron chi connectivity index (χ2n) is 4.66. The number of hydrogen-bond donors (Lipinski definition) is 1. The number of fused-ring (bicyclic) bond motifs is 2. The molecule has 1 saturated carbocycles. The first-order valence-electron chi connectivity index (χ1n) is 5.76. The van der Waals surface area contributed by atoms with E-state index in [1.807, 2.05) is 0 Å². The Morgan fingerprint density at radius 3 is 2.35 bits per heavy atom. The number of carbonyl (C=O) groups excluding carboxylic acids is 2. The molecule has 5 heteroatoms. The van der Waals surface area contributed by atoms with Gasteiger partial charge < -0.3 is 5.73 Å². The maximum Gasteiger partial charge on any atom is 0.236 e. The summed E-state index contributed by atoms with van der Waals surface area (Å²) >= 11 is 0. The van der Waals surface area contributed by atoms with Crippen LogP contribution in [0.5, 0.6) is 0 Å². The molecule has 1 saturated heterocycles. The van der Waals surface area contributed by atoms with Crippen molar-refractivity contribution >= 4 is 23.3 Å². The highest BCUT2D eigenvalue weighted by Crippen LogP contribution is 2.39. The maximum atomic E-state index is 12.1. The summed E-state index contributed by atoms with van der Waals surface area (Å²) in [5.74, 6) is 0.227. The number of imide groups is 1. The van der Waals surface area contributed by atoms with Crippen LogP contribution in [0, 0.1) is 11.8 Å². The Bertz CT molecular complexity index is 461. The Labute approximate surface area is 98.6 Å². The first-order valence-corrected chi connectivity index (χ1v) is 5.76. The molecule has 0 spiro atoms. The molecule has 2 heterocycles. The minimum absolute atomic E-state index is 0.00949. The summed E-state index contributed by atoms with van der Waals surface area (Å²) < 4.78 is 0. The Morgan fingerprint density at radius 2 is 1.82 bits per heavy atom. The van der Waals surface area contributed by atoms with Crippen molar-refractivity contribution in [3.63, 3.8) is 0 Å². The summed E-state index contributed by atoms with van der Waals surface area (Å²) in [6.07, 6.45) is 3.86. The number of nitrogens with two attached hydrogens (primary N) is 1. The molecule has 0 aromatic carbocycles. The zero-order valence-electron chi connectivity index (χ0n) is 9.30. The predicted molar refractivity (Wildman–Crippen MR) is 62.0 cm³/mol. The number of nitrogens with zero attached hydrogens (tertiary/aromatic N) is 2. The molecule has 2 unspecified atom stereocenters. The quantitative estimate of drug-likeness (QED) is 0.730. The van der Waals surface area contributed by atoms with Crippen LogP contribution in [0.3, 0.4) is 0 Å². The van der Waals surface area contributed by atoms with Crippen LogP contribution in [0.15, 0.2) is 18.3 Å². The maximum absolute atomic E-state index is 12.1. The number of nitrogen functional groups attached to an aromatic ring is 1. The highest BCUT2D eigenvalue weighted by atomic mass is 16.2. The number of amides is 2. The number of rotatable bonds is 1. The fraction of sp³-hybridized carbons (Fsp3) is 0.417. The molecule has 2 amide bonds. The normalized spacial score (nSPS) is 27.6. The van der Waals surface area contributed by atoms with E-state index in [1.165, 1.54) is 11.1 Å². The summed E-state index contributed by atoms with van der Waals surface area (Å²) in [5, 5.41) is 0. The van der Waals surface area contributed by atoms with Crippen molar-refractivity contribution in [1.82, 2.24) is 4.98 Å². The topological polar surface area (TPSA) is 76.3 Å². The Morgan fingerprint density at radius 1 is 1.18 bits per heavy atom. The lowest BCUT2D eigenvalue weighted by Gasteiger charge is -2.29. The summed E-state index contributed by atoms with van der Waals surface area (Å²) in [4.78, 5) is 29.5. The number of aromatic nitrogens is 1. The van der Waals surface area contributed by atoms with Crippen molar-refractivity contribution in [2.45, 2.75) is 19.3 Å². The molecule has 1 aliphatic heterocycles. The fourth-order valence-corrected chi connectivity index (χ4v) is 2.69.